The normalized spacial score (nSPS) is 20.4. The molecule has 0 radical (unpaired) electrons. The standard InChI is InChI=1S/C13H28N2/c1-12(2)15-10-7-13(8-11-15)6-5-9-14(3)4/h12-13H,5-11H2,1-4H3. The van der Waals surface area contributed by atoms with Crippen molar-refractivity contribution in [2.24, 2.45) is 5.92 Å². The second-order valence-corrected chi connectivity index (χ2v) is 5.52. The van der Waals surface area contributed by atoms with Crippen LogP contribution in [0.5, 0.6) is 0 Å². The number of hydrogen-bond donors (Lipinski definition) is 0. The van der Waals surface area contributed by atoms with Gasteiger partial charge in [-0.2, -0.15) is 0 Å². The van der Waals surface area contributed by atoms with Crippen molar-refractivity contribution in [3.8, 4) is 0 Å². The molecule has 0 spiro atoms. The SMILES string of the molecule is CC(C)N1CCC(CCCN(C)C)CC1. The van der Waals surface area contributed by atoms with E-state index in [0.717, 1.165) is 12.0 Å². The van der Waals surface area contributed by atoms with E-state index in [0.29, 0.717) is 0 Å². The summed E-state index contributed by atoms with van der Waals surface area (Å²) in [5, 5.41) is 0. The maximum absolute atomic E-state index is 2.61. The topological polar surface area (TPSA) is 6.48 Å². The third kappa shape index (κ3) is 4.98. The molecule has 1 aliphatic rings. The fourth-order valence-corrected chi connectivity index (χ4v) is 2.45. The minimum atomic E-state index is 0.743. The minimum absolute atomic E-state index is 0.743. The van der Waals surface area contributed by atoms with E-state index in [1.807, 2.05) is 0 Å². The van der Waals surface area contributed by atoms with Crippen molar-refractivity contribution in [2.45, 2.75) is 45.6 Å². The lowest BCUT2D eigenvalue weighted by atomic mass is 9.91. The molecule has 1 aliphatic heterocycles. The Labute approximate surface area is 95.6 Å². The molecule has 1 heterocycles. The van der Waals surface area contributed by atoms with Crippen LogP contribution in [0, 0.1) is 5.92 Å². The predicted octanol–water partition coefficient (Wildman–Crippen LogP) is 2.45. The summed E-state index contributed by atoms with van der Waals surface area (Å²) in [7, 11) is 4.34. The Morgan fingerprint density at radius 3 is 2.27 bits per heavy atom. The summed E-state index contributed by atoms with van der Waals surface area (Å²) in [5.41, 5.74) is 0. The summed E-state index contributed by atoms with van der Waals surface area (Å²) < 4.78 is 0. The molecule has 15 heavy (non-hydrogen) atoms. The van der Waals surface area contributed by atoms with Crippen molar-refractivity contribution in [1.29, 1.82) is 0 Å². The molecule has 0 aromatic rings. The Hall–Kier alpha value is -0.0800. The van der Waals surface area contributed by atoms with Gasteiger partial charge >= 0.3 is 0 Å². The monoisotopic (exact) mass is 212 g/mol. The summed E-state index contributed by atoms with van der Waals surface area (Å²) in [5.74, 6) is 1.000. The average Bonchev–Trinajstić information content (AvgIpc) is 2.18. The van der Waals surface area contributed by atoms with Gasteiger partial charge in [0.1, 0.15) is 0 Å². The van der Waals surface area contributed by atoms with Crippen LogP contribution in [0.4, 0.5) is 0 Å². The zero-order chi connectivity index (χ0) is 11.3. The van der Waals surface area contributed by atoms with Gasteiger partial charge in [0.2, 0.25) is 0 Å². The zero-order valence-corrected chi connectivity index (χ0v) is 11.0. The van der Waals surface area contributed by atoms with E-state index in [1.54, 1.807) is 0 Å². The Balaban J connectivity index is 2.09. The van der Waals surface area contributed by atoms with Gasteiger partial charge in [0.05, 0.1) is 0 Å². The van der Waals surface area contributed by atoms with Crippen molar-refractivity contribution >= 4 is 0 Å². The molecule has 0 aromatic heterocycles. The second kappa shape index (κ2) is 6.49. The van der Waals surface area contributed by atoms with Gasteiger partial charge in [0, 0.05) is 6.04 Å². The molecule has 1 fully saturated rings. The number of nitrogens with zero attached hydrogens (tertiary/aromatic N) is 2. The van der Waals surface area contributed by atoms with Crippen molar-refractivity contribution in [3.05, 3.63) is 0 Å². The number of hydrogen-bond acceptors (Lipinski definition) is 2. The maximum atomic E-state index is 2.61. The molecular formula is C13H28N2. The molecule has 1 saturated heterocycles. The third-order valence-corrected chi connectivity index (χ3v) is 3.60. The lowest BCUT2D eigenvalue weighted by Crippen LogP contribution is -2.38. The number of likely N-dealkylation sites (tertiary alicyclic amines) is 1. The van der Waals surface area contributed by atoms with E-state index >= 15 is 0 Å². The van der Waals surface area contributed by atoms with Crippen LogP contribution in [0.2, 0.25) is 0 Å². The quantitative estimate of drug-likeness (QED) is 0.691. The fraction of sp³-hybridized carbons (Fsp3) is 1.00. The van der Waals surface area contributed by atoms with Crippen molar-refractivity contribution in [2.75, 3.05) is 33.7 Å². The van der Waals surface area contributed by atoms with Crippen LogP contribution in [0.15, 0.2) is 0 Å². The van der Waals surface area contributed by atoms with Crippen LogP contribution in [-0.4, -0.2) is 49.6 Å². The summed E-state index contributed by atoms with van der Waals surface area (Å²) in [4.78, 5) is 4.91. The first-order valence-electron chi connectivity index (χ1n) is 6.48. The molecule has 0 aromatic carbocycles. The molecule has 2 heteroatoms. The molecule has 0 unspecified atom stereocenters. The van der Waals surface area contributed by atoms with Crippen LogP contribution in [0.25, 0.3) is 0 Å². The largest absolute Gasteiger partial charge is 0.309 e. The zero-order valence-electron chi connectivity index (χ0n) is 11.0. The highest BCUT2D eigenvalue weighted by Gasteiger charge is 2.20. The molecule has 0 aliphatic carbocycles. The van der Waals surface area contributed by atoms with E-state index in [4.69, 9.17) is 0 Å². The van der Waals surface area contributed by atoms with Gasteiger partial charge in [-0.25, -0.2) is 0 Å². The van der Waals surface area contributed by atoms with Gasteiger partial charge in [-0.05, 0) is 79.2 Å². The van der Waals surface area contributed by atoms with E-state index < -0.39 is 0 Å². The highest BCUT2D eigenvalue weighted by molar-refractivity contribution is 4.74. The summed E-state index contributed by atoms with van der Waals surface area (Å²) in [6.07, 6.45) is 5.65. The van der Waals surface area contributed by atoms with Crippen LogP contribution in [0.1, 0.15) is 39.5 Å². The van der Waals surface area contributed by atoms with Crippen LogP contribution in [-0.2, 0) is 0 Å². The third-order valence-electron chi connectivity index (χ3n) is 3.60. The summed E-state index contributed by atoms with van der Waals surface area (Å²) in [6.45, 7) is 8.53. The Morgan fingerprint density at radius 1 is 1.20 bits per heavy atom. The number of rotatable bonds is 5. The highest BCUT2D eigenvalue weighted by Crippen LogP contribution is 2.22. The van der Waals surface area contributed by atoms with Crippen molar-refractivity contribution < 1.29 is 0 Å². The van der Waals surface area contributed by atoms with Crippen molar-refractivity contribution in [1.82, 2.24) is 9.80 Å². The number of piperidine rings is 1. The molecule has 1 rings (SSSR count). The van der Waals surface area contributed by atoms with Crippen molar-refractivity contribution in [3.63, 3.8) is 0 Å². The first-order valence-corrected chi connectivity index (χ1v) is 6.48. The van der Waals surface area contributed by atoms with Crippen LogP contribution in [0.3, 0.4) is 0 Å². The predicted molar refractivity (Wildman–Crippen MR) is 67.2 cm³/mol. The molecule has 0 bridgehead atoms. The molecule has 0 N–H and O–H groups in total. The van der Waals surface area contributed by atoms with Gasteiger partial charge in [0.25, 0.3) is 0 Å². The minimum Gasteiger partial charge on any atom is -0.309 e. The molecular weight excluding hydrogens is 184 g/mol. The Bertz CT molecular complexity index is 155. The van der Waals surface area contributed by atoms with Crippen LogP contribution >= 0.6 is 0 Å². The van der Waals surface area contributed by atoms with Gasteiger partial charge in [-0.15, -0.1) is 0 Å². The Morgan fingerprint density at radius 2 is 1.80 bits per heavy atom. The molecule has 0 atom stereocenters. The lowest BCUT2D eigenvalue weighted by molar-refractivity contribution is 0.143. The van der Waals surface area contributed by atoms with E-state index in [1.165, 1.54) is 45.3 Å². The maximum Gasteiger partial charge on any atom is 0.00385 e. The molecule has 0 saturated carbocycles. The van der Waals surface area contributed by atoms with E-state index in [9.17, 15) is 0 Å². The summed E-state index contributed by atoms with van der Waals surface area (Å²) in [6, 6.07) is 0.743. The fourth-order valence-electron chi connectivity index (χ4n) is 2.45. The Kier molecular flexibility index (Phi) is 5.62. The molecule has 0 amide bonds. The van der Waals surface area contributed by atoms with Gasteiger partial charge in [-0.1, -0.05) is 0 Å². The first-order chi connectivity index (χ1) is 7.09. The molecule has 2 nitrogen and oxygen atoms in total. The van der Waals surface area contributed by atoms with Gasteiger partial charge in [-0.3, -0.25) is 0 Å². The lowest BCUT2D eigenvalue weighted by Gasteiger charge is -2.34. The first kappa shape index (κ1) is 13.0. The smallest absolute Gasteiger partial charge is 0.00385 e. The van der Waals surface area contributed by atoms with Gasteiger partial charge < -0.3 is 9.80 Å². The summed E-state index contributed by atoms with van der Waals surface area (Å²) >= 11 is 0. The second-order valence-electron chi connectivity index (χ2n) is 5.52. The van der Waals surface area contributed by atoms with E-state index in [2.05, 4.69) is 37.7 Å². The molecule has 90 valence electrons. The van der Waals surface area contributed by atoms with Gasteiger partial charge in [0.15, 0.2) is 0 Å². The van der Waals surface area contributed by atoms with Crippen LogP contribution < -0.4 is 0 Å². The highest BCUT2D eigenvalue weighted by atomic mass is 15.1. The average molecular weight is 212 g/mol. The van der Waals surface area contributed by atoms with E-state index in [-0.39, 0.29) is 0 Å².